The first kappa shape index (κ1) is 23.7. The van der Waals surface area contributed by atoms with E-state index in [9.17, 15) is 23.9 Å². The number of halogens is 1. The minimum Gasteiger partial charge on any atom is -0.505 e. The number of nitrogens with one attached hydrogen (secondary N) is 2. The number of hydrogen-bond acceptors (Lipinski definition) is 5. The van der Waals surface area contributed by atoms with E-state index in [1.807, 2.05) is 48.5 Å². The Morgan fingerprint density at radius 3 is 2.20 bits per heavy atom. The van der Waals surface area contributed by atoms with Crippen LogP contribution in [0, 0.1) is 5.82 Å². The smallest absolute Gasteiger partial charge is 0.407 e. The highest BCUT2D eigenvalue weighted by molar-refractivity contribution is 5.96. The molecule has 1 unspecified atom stereocenters. The maximum atomic E-state index is 13.6. The van der Waals surface area contributed by atoms with Gasteiger partial charge in [0.2, 0.25) is 5.91 Å². The normalized spacial score (nSPS) is 12.8. The van der Waals surface area contributed by atoms with Crippen LogP contribution in [0.3, 0.4) is 0 Å². The van der Waals surface area contributed by atoms with Gasteiger partial charge < -0.3 is 25.6 Å². The van der Waals surface area contributed by atoms with Crippen LogP contribution >= 0.6 is 0 Å². The Hall–Kier alpha value is -4.40. The molecule has 0 spiro atoms. The Balaban J connectivity index is 1.43. The summed E-state index contributed by atoms with van der Waals surface area (Å²) in [6.07, 6.45) is -1.47. The first-order valence-electron chi connectivity index (χ1n) is 11.0. The molecular formula is C26H23FN2O6. The minimum absolute atomic E-state index is 0.0241. The van der Waals surface area contributed by atoms with Crippen LogP contribution in [0.4, 0.5) is 14.9 Å². The number of anilines is 1. The highest BCUT2D eigenvalue weighted by atomic mass is 19.1. The van der Waals surface area contributed by atoms with Gasteiger partial charge in [0.25, 0.3) is 0 Å². The van der Waals surface area contributed by atoms with E-state index in [1.54, 1.807) is 0 Å². The van der Waals surface area contributed by atoms with E-state index in [-0.39, 0.29) is 31.1 Å². The number of amides is 2. The first-order valence-corrected chi connectivity index (χ1v) is 11.0. The van der Waals surface area contributed by atoms with Gasteiger partial charge in [0.05, 0.1) is 0 Å². The standard InChI is InChI=1S/C26H23FN2O6/c27-21-13-15(9-11-23(21)30)28-25(33)22(10-12-24(31)32)29-26(34)35-14-20-18-7-3-1-5-16(18)17-6-2-4-8-19(17)20/h1-9,11,13,20,22,30H,10,12,14H2,(H,28,33)(H,29,34)(H,31,32). The number of phenols is 1. The molecule has 3 aromatic rings. The van der Waals surface area contributed by atoms with Crippen molar-refractivity contribution in [3.8, 4) is 16.9 Å². The lowest BCUT2D eigenvalue weighted by molar-refractivity contribution is -0.137. The molecule has 2 amide bonds. The van der Waals surface area contributed by atoms with Gasteiger partial charge in [-0.3, -0.25) is 9.59 Å². The number of aromatic hydroxyl groups is 1. The Morgan fingerprint density at radius 2 is 1.60 bits per heavy atom. The van der Waals surface area contributed by atoms with Crippen LogP contribution in [0.5, 0.6) is 5.75 Å². The molecule has 0 radical (unpaired) electrons. The molecule has 0 bridgehead atoms. The number of ether oxygens (including phenoxy) is 1. The average molecular weight is 478 g/mol. The van der Waals surface area contributed by atoms with Gasteiger partial charge in [-0.1, -0.05) is 48.5 Å². The molecule has 9 heteroatoms. The highest BCUT2D eigenvalue weighted by Gasteiger charge is 2.30. The van der Waals surface area contributed by atoms with Gasteiger partial charge in [-0.05, 0) is 40.8 Å². The van der Waals surface area contributed by atoms with Gasteiger partial charge in [-0.2, -0.15) is 0 Å². The van der Waals surface area contributed by atoms with Gasteiger partial charge >= 0.3 is 12.1 Å². The van der Waals surface area contributed by atoms with E-state index in [1.165, 1.54) is 6.07 Å². The molecule has 0 saturated carbocycles. The van der Waals surface area contributed by atoms with Crippen LogP contribution in [0.2, 0.25) is 0 Å². The topological polar surface area (TPSA) is 125 Å². The number of carbonyl (C=O) groups is 3. The molecule has 4 rings (SSSR count). The highest BCUT2D eigenvalue weighted by Crippen LogP contribution is 2.44. The number of phenolic OH excluding ortho intramolecular Hbond substituents is 1. The molecule has 4 N–H and O–H groups in total. The minimum atomic E-state index is -1.24. The van der Waals surface area contributed by atoms with E-state index in [4.69, 9.17) is 9.84 Å². The zero-order valence-corrected chi connectivity index (χ0v) is 18.5. The SMILES string of the molecule is O=C(O)CCC(NC(=O)OCC1c2ccccc2-c2ccccc21)C(=O)Nc1ccc(O)c(F)c1. The monoisotopic (exact) mass is 478 g/mol. The molecular weight excluding hydrogens is 455 g/mol. The van der Waals surface area contributed by atoms with Gasteiger partial charge in [0.1, 0.15) is 12.6 Å². The Bertz CT molecular complexity index is 1230. The summed E-state index contributed by atoms with van der Waals surface area (Å²) in [5, 5.41) is 23.1. The van der Waals surface area contributed by atoms with E-state index >= 15 is 0 Å². The Kier molecular flexibility index (Phi) is 6.96. The lowest BCUT2D eigenvalue weighted by atomic mass is 9.98. The third kappa shape index (κ3) is 5.40. The molecule has 1 aliphatic carbocycles. The van der Waals surface area contributed by atoms with E-state index in [0.717, 1.165) is 34.4 Å². The molecule has 1 atom stereocenters. The number of alkyl carbamates (subject to hydrolysis) is 1. The van der Waals surface area contributed by atoms with E-state index < -0.39 is 35.6 Å². The molecule has 180 valence electrons. The Morgan fingerprint density at radius 1 is 0.971 bits per heavy atom. The second-order valence-electron chi connectivity index (χ2n) is 8.11. The lowest BCUT2D eigenvalue weighted by Gasteiger charge is -2.19. The second kappa shape index (κ2) is 10.3. The summed E-state index contributed by atoms with van der Waals surface area (Å²) in [6, 6.07) is 17.7. The van der Waals surface area contributed by atoms with Crippen molar-refractivity contribution in [2.24, 2.45) is 0 Å². The third-order valence-electron chi connectivity index (χ3n) is 5.81. The molecule has 1 aliphatic rings. The fraction of sp³-hybridized carbons (Fsp3) is 0.192. The van der Waals surface area contributed by atoms with E-state index in [0.29, 0.717) is 0 Å². The predicted octanol–water partition coefficient (Wildman–Crippen LogP) is 4.24. The van der Waals surface area contributed by atoms with Crippen LogP contribution in [0.1, 0.15) is 29.9 Å². The maximum absolute atomic E-state index is 13.6. The summed E-state index contributed by atoms with van der Waals surface area (Å²) in [4.78, 5) is 36.3. The zero-order chi connectivity index (χ0) is 24.9. The molecule has 0 heterocycles. The second-order valence-corrected chi connectivity index (χ2v) is 8.11. The van der Waals surface area contributed by atoms with Crippen molar-refractivity contribution in [2.75, 3.05) is 11.9 Å². The van der Waals surface area contributed by atoms with Crippen LogP contribution in [-0.2, 0) is 14.3 Å². The fourth-order valence-corrected chi connectivity index (χ4v) is 4.13. The van der Waals surface area contributed by atoms with E-state index in [2.05, 4.69) is 10.6 Å². The van der Waals surface area contributed by atoms with Crippen molar-refractivity contribution < 1.29 is 33.7 Å². The summed E-state index contributed by atoms with van der Waals surface area (Å²) < 4.78 is 19.0. The number of fused-ring (bicyclic) bond motifs is 3. The number of carboxylic acids is 1. The number of carboxylic acid groups (broad SMARTS) is 1. The number of carbonyl (C=O) groups excluding carboxylic acids is 2. The van der Waals surface area contributed by atoms with Crippen LogP contribution < -0.4 is 10.6 Å². The van der Waals surface area contributed by atoms with Crippen molar-refractivity contribution in [3.05, 3.63) is 83.7 Å². The van der Waals surface area contributed by atoms with Crippen molar-refractivity contribution in [3.63, 3.8) is 0 Å². The van der Waals surface area contributed by atoms with Crippen molar-refractivity contribution in [2.45, 2.75) is 24.8 Å². The van der Waals surface area contributed by atoms with Gasteiger partial charge in [-0.25, -0.2) is 9.18 Å². The van der Waals surface area contributed by atoms with Crippen LogP contribution in [0.25, 0.3) is 11.1 Å². The Labute approximate surface area is 200 Å². The van der Waals surface area contributed by atoms with Crippen LogP contribution in [-0.4, -0.2) is 40.8 Å². The number of hydrogen-bond donors (Lipinski definition) is 4. The van der Waals surface area contributed by atoms with Crippen molar-refractivity contribution in [1.82, 2.24) is 5.32 Å². The van der Waals surface area contributed by atoms with Crippen molar-refractivity contribution >= 4 is 23.7 Å². The summed E-state index contributed by atoms with van der Waals surface area (Å²) in [7, 11) is 0. The largest absolute Gasteiger partial charge is 0.505 e. The van der Waals surface area contributed by atoms with Gasteiger partial charge in [-0.15, -0.1) is 0 Å². The maximum Gasteiger partial charge on any atom is 0.407 e. The lowest BCUT2D eigenvalue weighted by Crippen LogP contribution is -2.44. The van der Waals surface area contributed by atoms with Gasteiger partial charge in [0, 0.05) is 24.1 Å². The molecule has 3 aromatic carbocycles. The third-order valence-corrected chi connectivity index (χ3v) is 5.81. The molecule has 0 aliphatic heterocycles. The average Bonchev–Trinajstić information content (AvgIpc) is 3.16. The molecule has 8 nitrogen and oxygen atoms in total. The molecule has 35 heavy (non-hydrogen) atoms. The molecule has 0 aromatic heterocycles. The fourth-order valence-electron chi connectivity index (χ4n) is 4.13. The number of aliphatic carboxylic acids is 1. The number of benzene rings is 3. The first-order chi connectivity index (χ1) is 16.8. The quantitative estimate of drug-likeness (QED) is 0.359. The number of rotatable bonds is 8. The molecule has 0 fully saturated rings. The van der Waals surface area contributed by atoms with Crippen LogP contribution in [0.15, 0.2) is 66.7 Å². The summed E-state index contributed by atoms with van der Waals surface area (Å²) in [6.45, 7) is 0.0241. The summed E-state index contributed by atoms with van der Waals surface area (Å²) >= 11 is 0. The van der Waals surface area contributed by atoms with Gasteiger partial charge in [0.15, 0.2) is 11.6 Å². The zero-order valence-electron chi connectivity index (χ0n) is 18.5. The predicted molar refractivity (Wildman–Crippen MR) is 126 cm³/mol. The summed E-state index contributed by atoms with van der Waals surface area (Å²) in [5.41, 5.74) is 4.22. The van der Waals surface area contributed by atoms with Crippen molar-refractivity contribution in [1.29, 1.82) is 0 Å². The molecule has 0 saturated heterocycles. The summed E-state index contributed by atoms with van der Waals surface area (Å²) in [5.74, 6) is -3.59.